The van der Waals surface area contributed by atoms with Gasteiger partial charge in [0.05, 0.1) is 0 Å². The van der Waals surface area contributed by atoms with Crippen LogP contribution in [0.3, 0.4) is 0 Å². The molecule has 0 rings (SSSR count). The second kappa shape index (κ2) is 10.6. The normalized spacial score (nSPS) is 11.0. The summed E-state index contributed by atoms with van der Waals surface area (Å²) in [6, 6.07) is 0. The summed E-state index contributed by atoms with van der Waals surface area (Å²) >= 11 is 0. The SMILES string of the molecule is C=CC(C)OC(=O)C(=C)CCCCCC#CCO. The minimum Gasteiger partial charge on any atom is -0.455 e. The third-order valence-electron chi connectivity index (χ3n) is 2.40. The van der Waals surface area contributed by atoms with Gasteiger partial charge in [-0.25, -0.2) is 4.79 Å². The molecule has 0 radical (unpaired) electrons. The van der Waals surface area contributed by atoms with E-state index < -0.39 is 0 Å². The van der Waals surface area contributed by atoms with Gasteiger partial charge >= 0.3 is 5.97 Å². The van der Waals surface area contributed by atoms with E-state index in [-0.39, 0.29) is 18.7 Å². The number of ether oxygens (including phenoxy) is 1. The summed E-state index contributed by atoms with van der Waals surface area (Å²) in [7, 11) is 0. The van der Waals surface area contributed by atoms with Gasteiger partial charge in [0.25, 0.3) is 0 Å². The predicted molar refractivity (Wildman–Crippen MR) is 72.8 cm³/mol. The van der Waals surface area contributed by atoms with Gasteiger partial charge < -0.3 is 9.84 Å². The molecule has 0 aliphatic carbocycles. The van der Waals surface area contributed by atoms with E-state index in [1.54, 1.807) is 13.0 Å². The number of aliphatic hydroxyl groups excluding tert-OH is 1. The molecule has 18 heavy (non-hydrogen) atoms. The van der Waals surface area contributed by atoms with Crippen LogP contribution in [0.25, 0.3) is 0 Å². The van der Waals surface area contributed by atoms with Crippen molar-refractivity contribution in [2.75, 3.05) is 6.61 Å². The lowest BCUT2D eigenvalue weighted by Gasteiger charge is -2.10. The van der Waals surface area contributed by atoms with Crippen molar-refractivity contribution in [2.45, 2.75) is 45.1 Å². The van der Waals surface area contributed by atoms with Crippen molar-refractivity contribution < 1.29 is 14.6 Å². The van der Waals surface area contributed by atoms with Crippen LogP contribution in [0, 0.1) is 11.8 Å². The number of hydrogen-bond acceptors (Lipinski definition) is 3. The highest BCUT2D eigenvalue weighted by Crippen LogP contribution is 2.11. The Bertz CT molecular complexity index is 333. The quantitative estimate of drug-likeness (QED) is 0.237. The number of rotatable bonds is 8. The van der Waals surface area contributed by atoms with E-state index in [0.717, 1.165) is 25.7 Å². The first kappa shape index (κ1) is 16.5. The Labute approximate surface area is 110 Å². The fraction of sp³-hybridized carbons (Fsp3) is 0.533. The van der Waals surface area contributed by atoms with E-state index in [4.69, 9.17) is 9.84 Å². The van der Waals surface area contributed by atoms with Crippen LogP contribution in [0.1, 0.15) is 39.0 Å². The van der Waals surface area contributed by atoms with Gasteiger partial charge in [-0.2, -0.15) is 0 Å². The van der Waals surface area contributed by atoms with Gasteiger partial charge in [-0.15, -0.1) is 5.92 Å². The van der Waals surface area contributed by atoms with Crippen molar-refractivity contribution >= 4 is 5.97 Å². The van der Waals surface area contributed by atoms with E-state index >= 15 is 0 Å². The fourth-order valence-corrected chi connectivity index (χ4v) is 1.28. The minimum atomic E-state index is -0.345. The topological polar surface area (TPSA) is 46.5 Å². The van der Waals surface area contributed by atoms with Gasteiger partial charge in [0, 0.05) is 12.0 Å². The molecule has 1 N–H and O–H groups in total. The zero-order chi connectivity index (χ0) is 13.8. The highest BCUT2D eigenvalue weighted by atomic mass is 16.5. The summed E-state index contributed by atoms with van der Waals surface area (Å²) in [5, 5.41) is 8.45. The maximum atomic E-state index is 11.5. The number of aliphatic hydroxyl groups is 1. The summed E-state index contributed by atoms with van der Waals surface area (Å²) in [4.78, 5) is 11.5. The fourth-order valence-electron chi connectivity index (χ4n) is 1.28. The Morgan fingerprint density at radius 3 is 2.72 bits per heavy atom. The summed E-state index contributed by atoms with van der Waals surface area (Å²) in [6.45, 7) is 8.95. The Morgan fingerprint density at radius 1 is 1.39 bits per heavy atom. The Kier molecular flexibility index (Phi) is 9.71. The van der Waals surface area contributed by atoms with Crippen LogP contribution in [0.5, 0.6) is 0 Å². The molecule has 0 aromatic heterocycles. The molecule has 100 valence electrons. The molecular formula is C15H22O3. The molecule has 0 fully saturated rings. The van der Waals surface area contributed by atoms with E-state index in [9.17, 15) is 4.79 Å². The van der Waals surface area contributed by atoms with Gasteiger partial charge in [0.1, 0.15) is 12.7 Å². The third-order valence-corrected chi connectivity index (χ3v) is 2.40. The lowest BCUT2D eigenvalue weighted by atomic mass is 10.1. The lowest BCUT2D eigenvalue weighted by molar-refractivity contribution is -0.141. The third kappa shape index (κ3) is 8.60. The minimum absolute atomic E-state index is 0.0792. The first-order chi connectivity index (χ1) is 8.61. The van der Waals surface area contributed by atoms with Crippen LogP contribution >= 0.6 is 0 Å². The van der Waals surface area contributed by atoms with E-state index in [1.165, 1.54) is 0 Å². The van der Waals surface area contributed by atoms with E-state index in [1.807, 2.05) is 0 Å². The van der Waals surface area contributed by atoms with Crippen LogP contribution in [0.4, 0.5) is 0 Å². The maximum Gasteiger partial charge on any atom is 0.333 e. The van der Waals surface area contributed by atoms with Gasteiger partial charge in [0.15, 0.2) is 0 Å². The summed E-state index contributed by atoms with van der Waals surface area (Å²) in [6.07, 6.45) is 5.59. The molecule has 1 unspecified atom stereocenters. The first-order valence-electron chi connectivity index (χ1n) is 6.19. The van der Waals surface area contributed by atoms with Crippen molar-refractivity contribution in [3.05, 3.63) is 24.8 Å². The summed E-state index contributed by atoms with van der Waals surface area (Å²) in [5.74, 6) is 5.11. The molecule has 0 aromatic rings. The smallest absolute Gasteiger partial charge is 0.333 e. The zero-order valence-electron chi connectivity index (χ0n) is 11.1. The predicted octanol–water partition coefficient (Wildman–Crippen LogP) is 2.61. The first-order valence-corrected chi connectivity index (χ1v) is 6.19. The van der Waals surface area contributed by atoms with Gasteiger partial charge in [-0.3, -0.25) is 0 Å². The molecule has 0 heterocycles. The molecule has 0 amide bonds. The number of hydrogen-bond donors (Lipinski definition) is 1. The van der Waals surface area contributed by atoms with Crippen LogP contribution in [-0.2, 0) is 9.53 Å². The van der Waals surface area contributed by atoms with Crippen molar-refractivity contribution in [1.82, 2.24) is 0 Å². The molecule has 0 aliphatic rings. The van der Waals surface area contributed by atoms with Crippen molar-refractivity contribution in [1.29, 1.82) is 0 Å². The molecule has 3 heteroatoms. The highest BCUT2D eigenvalue weighted by molar-refractivity contribution is 5.87. The molecular weight excluding hydrogens is 228 g/mol. The second-order valence-electron chi connectivity index (χ2n) is 4.02. The molecule has 0 spiro atoms. The van der Waals surface area contributed by atoms with Crippen LogP contribution in [0.15, 0.2) is 24.8 Å². The Hall–Kier alpha value is -1.53. The molecule has 1 atom stereocenters. The molecule has 0 saturated carbocycles. The average Bonchev–Trinajstić information content (AvgIpc) is 2.37. The molecule has 0 aromatic carbocycles. The molecule has 0 saturated heterocycles. The second-order valence-corrected chi connectivity index (χ2v) is 4.02. The largest absolute Gasteiger partial charge is 0.455 e. The van der Waals surface area contributed by atoms with Crippen LogP contribution in [0.2, 0.25) is 0 Å². The zero-order valence-corrected chi connectivity index (χ0v) is 11.1. The van der Waals surface area contributed by atoms with E-state index in [0.29, 0.717) is 12.0 Å². The van der Waals surface area contributed by atoms with Gasteiger partial charge in [-0.1, -0.05) is 31.6 Å². The number of carbonyl (C=O) groups excluding carboxylic acids is 1. The summed E-state index contributed by atoms with van der Waals surface area (Å²) < 4.78 is 5.06. The monoisotopic (exact) mass is 250 g/mol. The molecule has 0 aliphatic heterocycles. The van der Waals surface area contributed by atoms with Gasteiger partial charge in [0.2, 0.25) is 0 Å². The van der Waals surface area contributed by atoms with Crippen molar-refractivity contribution in [3.8, 4) is 11.8 Å². The highest BCUT2D eigenvalue weighted by Gasteiger charge is 2.10. The van der Waals surface area contributed by atoms with Crippen LogP contribution in [-0.4, -0.2) is 23.8 Å². The standard InChI is InChI=1S/C15H22O3/c1-4-14(3)18-15(17)13(2)11-9-7-5-6-8-10-12-16/h4,14,16H,1-2,5-7,9,11-12H2,3H3. The summed E-state index contributed by atoms with van der Waals surface area (Å²) in [5.41, 5.74) is 0.505. The van der Waals surface area contributed by atoms with Crippen molar-refractivity contribution in [3.63, 3.8) is 0 Å². The maximum absolute atomic E-state index is 11.5. The van der Waals surface area contributed by atoms with E-state index in [2.05, 4.69) is 25.0 Å². The Morgan fingerprint density at radius 2 is 2.11 bits per heavy atom. The Balaban J connectivity index is 3.64. The number of unbranched alkanes of at least 4 members (excludes halogenated alkanes) is 3. The number of carbonyl (C=O) groups is 1. The number of esters is 1. The molecule has 0 bridgehead atoms. The lowest BCUT2D eigenvalue weighted by Crippen LogP contribution is -2.13. The average molecular weight is 250 g/mol. The van der Waals surface area contributed by atoms with Gasteiger partial charge in [-0.05, 0) is 26.2 Å². The van der Waals surface area contributed by atoms with Crippen LogP contribution < -0.4 is 0 Å². The molecule has 3 nitrogen and oxygen atoms in total. The van der Waals surface area contributed by atoms with Crippen molar-refractivity contribution in [2.24, 2.45) is 0 Å².